The molecule has 0 radical (unpaired) electrons. The van der Waals surface area contributed by atoms with E-state index < -0.39 is 0 Å². The zero-order valence-electron chi connectivity index (χ0n) is 12.1. The van der Waals surface area contributed by atoms with Gasteiger partial charge in [0.05, 0.1) is 13.1 Å². The van der Waals surface area contributed by atoms with Crippen LogP contribution in [0.25, 0.3) is 0 Å². The summed E-state index contributed by atoms with van der Waals surface area (Å²) in [4.78, 5) is 14.3. The number of rotatable bonds is 8. The Morgan fingerprint density at radius 2 is 2.32 bits per heavy atom. The third kappa shape index (κ3) is 4.10. The van der Waals surface area contributed by atoms with Gasteiger partial charge in [0.25, 0.3) is 0 Å². The van der Waals surface area contributed by atoms with Gasteiger partial charge in [-0.15, -0.1) is 0 Å². The average Bonchev–Trinajstić information content (AvgIpc) is 3.16. The van der Waals surface area contributed by atoms with E-state index in [1.165, 1.54) is 5.69 Å². The Kier molecular flexibility index (Phi) is 5.02. The average molecular weight is 263 g/mol. The molecule has 4 nitrogen and oxygen atoms in total. The molecular weight excluding hydrogens is 238 g/mol. The quantitative estimate of drug-likeness (QED) is 0.727. The van der Waals surface area contributed by atoms with Crippen molar-refractivity contribution in [3.63, 3.8) is 0 Å². The summed E-state index contributed by atoms with van der Waals surface area (Å²) in [5.41, 5.74) is 1.20. The standard InChI is InChI=1S/C15H25N3O/c1-3-4-9-16-11-15(19)18(13-7-8-13)12-14-6-5-10-17(14)2/h5-6,10,13,16H,3-4,7-9,11-12H2,1-2H3. The molecule has 1 N–H and O–H groups in total. The fraction of sp³-hybridized carbons (Fsp3) is 0.667. The number of aromatic nitrogens is 1. The number of amides is 1. The van der Waals surface area contributed by atoms with Gasteiger partial charge in [-0.25, -0.2) is 0 Å². The molecule has 1 aliphatic carbocycles. The first-order valence-corrected chi connectivity index (χ1v) is 7.32. The molecular formula is C15H25N3O. The van der Waals surface area contributed by atoms with Crippen molar-refractivity contribution in [3.05, 3.63) is 24.0 Å². The van der Waals surface area contributed by atoms with Gasteiger partial charge in [0, 0.05) is 25.0 Å². The van der Waals surface area contributed by atoms with E-state index in [2.05, 4.69) is 22.9 Å². The molecule has 0 atom stereocenters. The molecule has 1 saturated carbocycles. The van der Waals surface area contributed by atoms with E-state index in [1.807, 2.05) is 24.2 Å². The summed E-state index contributed by atoms with van der Waals surface area (Å²) in [7, 11) is 2.03. The zero-order valence-corrected chi connectivity index (χ0v) is 12.1. The summed E-state index contributed by atoms with van der Waals surface area (Å²) in [5.74, 6) is 0.236. The molecule has 4 heteroatoms. The highest BCUT2D eigenvalue weighted by Crippen LogP contribution is 2.28. The summed E-state index contributed by atoms with van der Waals surface area (Å²) in [6.07, 6.45) is 6.64. The Labute approximate surface area is 115 Å². The van der Waals surface area contributed by atoms with Gasteiger partial charge in [-0.3, -0.25) is 4.79 Å². The Morgan fingerprint density at radius 1 is 1.53 bits per heavy atom. The molecule has 0 unspecified atom stereocenters. The SMILES string of the molecule is CCCCNCC(=O)N(Cc1cccn1C)C1CC1. The van der Waals surface area contributed by atoms with E-state index in [1.54, 1.807) is 0 Å². The van der Waals surface area contributed by atoms with Crippen molar-refractivity contribution in [1.29, 1.82) is 0 Å². The lowest BCUT2D eigenvalue weighted by atomic mass is 10.3. The second-order valence-corrected chi connectivity index (χ2v) is 5.39. The predicted molar refractivity (Wildman–Crippen MR) is 76.8 cm³/mol. The van der Waals surface area contributed by atoms with Crippen LogP contribution < -0.4 is 5.32 Å². The van der Waals surface area contributed by atoms with Crippen LogP contribution in [0.15, 0.2) is 18.3 Å². The summed E-state index contributed by atoms with van der Waals surface area (Å²) in [6.45, 7) is 4.31. The lowest BCUT2D eigenvalue weighted by Gasteiger charge is -2.23. The maximum atomic E-state index is 12.3. The molecule has 1 aromatic heterocycles. The van der Waals surface area contributed by atoms with Crippen LogP contribution in [0.2, 0.25) is 0 Å². The van der Waals surface area contributed by atoms with Crippen LogP contribution in [-0.4, -0.2) is 34.5 Å². The van der Waals surface area contributed by atoms with Gasteiger partial charge in [0.15, 0.2) is 0 Å². The number of nitrogens with one attached hydrogen (secondary N) is 1. The van der Waals surface area contributed by atoms with Crippen LogP contribution in [-0.2, 0) is 18.4 Å². The zero-order chi connectivity index (χ0) is 13.7. The topological polar surface area (TPSA) is 37.3 Å². The van der Waals surface area contributed by atoms with Crippen molar-refractivity contribution in [3.8, 4) is 0 Å². The van der Waals surface area contributed by atoms with E-state index in [0.717, 1.165) is 38.8 Å². The molecule has 106 valence electrons. The minimum atomic E-state index is 0.236. The molecule has 0 aliphatic heterocycles. The Bertz CT molecular complexity index is 409. The van der Waals surface area contributed by atoms with Crippen molar-refractivity contribution in [1.82, 2.24) is 14.8 Å². The van der Waals surface area contributed by atoms with Crippen molar-refractivity contribution in [2.24, 2.45) is 7.05 Å². The highest BCUT2D eigenvalue weighted by Gasteiger charge is 2.32. The molecule has 1 aliphatic rings. The lowest BCUT2D eigenvalue weighted by Crippen LogP contribution is -2.39. The van der Waals surface area contributed by atoms with Crippen molar-refractivity contribution in [2.75, 3.05) is 13.1 Å². The first-order chi connectivity index (χ1) is 9.22. The molecule has 1 heterocycles. The molecule has 1 amide bonds. The number of unbranched alkanes of at least 4 members (excludes halogenated alkanes) is 1. The Balaban J connectivity index is 1.85. The Hall–Kier alpha value is -1.29. The molecule has 0 saturated heterocycles. The molecule has 0 aromatic carbocycles. The van der Waals surface area contributed by atoms with E-state index in [0.29, 0.717) is 12.6 Å². The predicted octanol–water partition coefficient (Wildman–Crippen LogP) is 1.91. The minimum Gasteiger partial charge on any atom is -0.353 e. The van der Waals surface area contributed by atoms with Crippen molar-refractivity contribution >= 4 is 5.91 Å². The number of hydrogen-bond donors (Lipinski definition) is 1. The van der Waals surface area contributed by atoms with Gasteiger partial charge < -0.3 is 14.8 Å². The van der Waals surface area contributed by atoms with Crippen LogP contribution in [0.1, 0.15) is 38.3 Å². The highest BCUT2D eigenvalue weighted by atomic mass is 16.2. The summed E-state index contributed by atoms with van der Waals surface area (Å²) in [5, 5.41) is 3.25. The van der Waals surface area contributed by atoms with Crippen LogP contribution >= 0.6 is 0 Å². The third-order valence-electron chi connectivity index (χ3n) is 3.67. The third-order valence-corrected chi connectivity index (χ3v) is 3.67. The fourth-order valence-corrected chi connectivity index (χ4v) is 2.24. The van der Waals surface area contributed by atoms with Crippen molar-refractivity contribution in [2.45, 2.75) is 45.2 Å². The number of carbonyl (C=O) groups is 1. The van der Waals surface area contributed by atoms with E-state index in [9.17, 15) is 4.79 Å². The number of aryl methyl sites for hydroxylation is 1. The van der Waals surface area contributed by atoms with Gasteiger partial charge in [0.1, 0.15) is 0 Å². The molecule has 2 rings (SSSR count). The maximum Gasteiger partial charge on any atom is 0.237 e. The number of hydrogen-bond acceptors (Lipinski definition) is 2. The molecule has 1 fully saturated rings. The monoisotopic (exact) mass is 263 g/mol. The normalized spacial score (nSPS) is 14.6. The lowest BCUT2D eigenvalue weighted by molar-refractivity contribution is -0.131. The number of carbonyl (C=O) groups excluding carboxylic acids is 1. The van der Waals surface area contributed by atoms with Gasteiger partial charge >= 0.3 is 0 Å². The van der Waals surface area contributed by atoms with E-state index in [-0.39, 0.29) is 5.91 Å². The van der Waals surface area contributed by atoms with Gasteiger partial charge in [-0.2, -0.15) is 0 Å². The summed E-state index contributed by atoms with van der Waals surface area (Å²) >= 11 is 0. The van der Waals surface area contributed by atoms with E-state index >= 15 is 0 Å². The second kappa shape index (κ2) is 6.75. The first-order valence-electron chi connectivity index (χ1n) is 7.32. The van der Waals surface area contributed by atoms with Crippen LogP contribution in [0, 0.1) is 0 Å². The molecule has 1 aromatic rings. The maximum absolute atomic E-state index is 12.3. The van der Waals surface area contributed by atoms with Crippen molar-refractivity contribution < 1.29 is 4.79 Å². The van der Waals surface area contributed by atoms with Gasteiger partial charge in [-0.1, -0.05) is 13.3 Å². The van der Waals surface area contributed by atoms with Crippen LogP contribution in [0.4, 0.5) is 0 Å². The smallest absolute Gasteiger partial charge is 0.237 e. The van der Waals surface area contributed by atoms with Gasteiger partial charge in [-0.05, 0) is 37.9 Å². The van der Waals surface area contributed by atoms with Crippen LogP contribution in [0.5, 0.6) is 0 Å². The largest absolute Gasteiger partial charge is 0.353 e. The molecule has 0 spiro atoms. The summed E-state index contributed by atoms with van der Waals surface area (Å²) in [6, 6.07) is 4.59. The second-order valence-electron chi connectivity index (χ2n) is 5.39. The molecule has 19 heavy (non-hydrogen) atoms. The minimum absolute atomic E-state index is 0.236. The number of nitrogens with zero attached hydrogens (tertiary/aromatic N) is 2. The van der Waals surface area contributed by atoms with E-state index in [4.69, 9.17) is 0 Å². The molecule has 0 bridgehead atoms. The fourth-order valence-electron chi connectivity index (χ4n) is 2.24. The highest BCUT2D eigenvalue weighted by molar-refractivity contribution is 5.78. The van der Waals surface area contributed by atoms with Gasteiger partial charge in [0.2, 0.25) is 5.91 Å². The van der Waals surface area contributed by atoms with Crippen LogP contribution in [0.3, 0.4) is 0 Å². The first kappa shape index (κ1) is 14.1. The Morgan fingerprint density at radius 3 is 2.89 bits per heavy atom. The summed E-state index contributed by atoms with van der Waals surface area (Å²) < 4.78 is 2.09.